The Bertz CT molecular complexity index is 1150. The fraction of sp³-hybridized carbons (Fsp3) is 0.308. The summed E-state index contributed by atoms with van der Waals surface area (Å²) in [5.41, 5.74) is 4.39. The predicted octanol–water partition coefficient (Wildman–Crippen LogP) is 4.13. The maximum Gasteiger partial charge on any atom is 0.407 e. The zero-order valence-corrected chi connectivity index (χ0v) is 20.1. The molecule has 1 aromatic heterocycles. The van der Waals surface area contributed by atoms with Crippen molar-refractivity contribution in [2.24, 2.45) is 0 Å². The van der Waals surface area contributed by atoms with Gasteiger partial charge in [0.05, 0.1) is 5.01 Å². The quantitative estimate of drug-likeness (QED) is 0.391. The lowest BCUT2D eigenvalue weighted by molar-refractivity contribution is -0.137. The molecule has 2 atom stereocenters. The second kappa shape index (κ2) is 11.1. The van der Waals surface area contributed by atoms with Crippen molar-refractivity contribution < 1.29 is 24.2 Å². The number of ether oxygens (including phenoxy) is 1. The van der Waals surface area contributed by atoms with Gasteiger partial charge in [-0.3, -0.25) is 9.59 Å². The molecule has 1 aliphatic carbocycles. The molecule has 8 nitrogen and oxygen atoms in total. The molecule has 35 heavy (non-hydrogen) atoms. The third-order valence-corrected chi connectivity index (χ3v) is 7.06. The molecule has 0 spiro atoms. The number of carboxylic acids is 1. The van der Waals surface area contributed by atoms with Crippen LogP contribution >= 0.6 is 11.3 Å². The summed E-state index contributed by atoms with van der Waals surface area (Å²) >= 11 is 1.49. The van der Waals surface area contributed by atoms with Crippen molar-refractivity contribution in [3.05, 3.63) is 76.2 Å². The number of carbonyl (C=O) groups excluding carboxylic acids is 2. The highest BCUT2D eigenvalue weighted by molar-refractivity contribution is 7.09. The molecule has 1 heterocycles. The number of hydrogen-bond donors (Lipinski definition) is 3. The summed E-state index contributed by atoms with van der Waals surface area (Å²) in [7, 11) is 0. The van der Waals surface area contributed by atoms with Crippen LogP contribution in [0.2, 0.25) is 0 Å². The van der Waals surface area contributed by atoms with Gasteiger partial charge in [0.2, 0.25) is 5.91 Å². The monoisotopic (exact) mass is 493 g/mol. The van der Waals surface area contributed by atoms with Crippen LogP contribution in [0.5, 0.6) is 0 Å². The van der Waals surface area contributed by atoms with Crippen LogP contribution in [0, 0.1) is 0 Å². The maximum atomic E-state index is 12.8. The number of amides is 2. The van der Waals surface area contributed by atoms with E-state index in [-0.39, 0.29) is 31.3 Å². The number of thiazole rings is 1. The number of aromatic nitrogens is 1. The van der Waals surface area contributed by atoms with Gasteiger partial charge in [0, 0.05) is 36.4 Å². The normalized spacial score (nSPS) is 13.9. The smallest absolute Gasteiger partial charge is 0.407 e. The van der Waals surface area contributed by atoms with Crippen molar-refractivity contribution in [2.75, 3.05) is 13.2 Å². The number of nitrogens with zero attached hydrogens (tertiary/aromatic N) is 1. The van der Waals surface area contributed by atoms with E-state index in [0.717, 1.165) is 27.3 Å². The number of alkyl carbamates (subject to hydrolysis) is 1. The summed E-state index contributed by atoms with van der Waals surface area (Å²) in [5, 5.41) is 17.2. The fourth-order valence-electron chi connectivity index (χ4n) is 4.26. The van der Waals surface area contributed by atoms with Gasteiger partial charge in [-0.25, -0.2) is 9.78 Å². The number of carbonyl (C=O) groups is 3. The minimum atomic E-state index is -1.05. The van der Waals surface area contributed by atoms with Crippen LogP contribution in [-0.2, 0) is 14.3 Å². The Kier molecular flexibility index (Phi) is 7.77. The number of hydrogen-bond acceptors (Lipinski definition) is 6. The summed E-state index contributed by atoms with van der Waals surface area (Å²) in [4.78, 5) is 40.7. The molecule has 3 aromatic rings. The molecule has 2 aromatic carbocycles. The molecule has 0 radical (unpaired) electrons. The highest BCUT2D eigenvalue weighted by Crippen LogP contribution is 2.44. The zero-order valence-electron chi connectivity index (χ0n) is 19.3. The number of nitrogens with one attached hydrogen (secondary N) is 2. The molecule has 2 unspecified atom stereocenters. The van der Waals surface area contributed by atoms with E-state index < -0.39 is 24.0 Å². The molecular formula is C26H27N3O5S. The number of rotatable bonds is 10. The molecule has 4 rings (SSSR count). The van der Waals surface area contributed by atoms with E-state index in [1.165, 1.54) is 11.3 Å². The van der Waals surface area contributed by atoms with Crippen LogP contribution in [0.3, 0.4) is 0 Å². The van der Waals surface area contributed by atoms with Crippen molar-refractivity contribution in [3.8, 4) is 11.1 Å². The summed E-state index contributed by atoms with van der Waals surface area (Å²) < 4.78 is 5.53. The lowest BCUT2D eigenvalue weighted by Crippen LogP contribution is -2.48. The number of carboxylic acid groups (broad SMARTS) is 1. The highest BCUT2D eigenvalue weighted by atomic mass is 32.1. The third-order valence-electron chi connectivity index (χ3n) is 6.05. The van der Waals surface area contributed by atoms with Crippen LogP contribution in [0.25, 0.3) is 11.1 Å². The van der Waals surface area contributed by atoms with E-state index in [1.54, 1.807) is 6.20 Å². The lowest BCUT2D eigenvalue weighted by Gasteiger charge is -2.20. The van der Waals surface area contributed by atoms with E-state index >= 15 is 0 Å². The van der Waals surface area contributed by atoms with Gasteiger partial charge < -0.3 is 20.5 Å². The Hall–Kier alpha value is -3.72. The second-order valence-corrected chi connectivity index (χ2v) is 9.40. The topological polar surface area (TPSA) is 118 Å². The van der Waals surface area contributed by atoms with E-state index in [0.29, 0.717) is 6.54 Å². The number of benzene rings is 2. The third kappa shape index (κ3) is 5.86. The summed E-state index contributed by atoms with van der Waals surface area (Å²) in [5.74, 6) is -1.62. The minimum Gasteiger partial charge on any atom is -0.481 e. The first-order valence-corrected chi connectivity index (χ1v) is 12.3. The average molecular weight is 494 g/mol. The molecule has 182 valence electrons. The van der Waals surface area contributed by atoms with Gasteiger partial charge in [0.1, 0.15) is 12.6 Å². The van der Waals surface area contributed by atoms with Crippen molar-refractivity contribution in [1.29, 1.82) is 0 Å². The van der Waals surface area contributed by atoms with Crippen LogP contribution in [0.4, 0.5) is 4.79 Å². The Balaban J connectivity index is 1.37. The Morgan fingerprint density at radius 2 is 1.74 bits per heavy atom. The largest absolute Gasteiger partial charge is 0.481 e. The minimum absolute atomic E-state index is 0.00599. The van der Waals surface area contributed by atoms with Gasteiger partial charge in [-0.2, -0.15) is 0 Å². The standard InChI is InChI=1S/C26H27N3O5S/c1-16(25-27-12-13-35-25)14-28-24(32)22(10-11-23(30)31)29-26(33)34-15-21-19-8-4-2-6-17(19)18-7-3-5-9-20(18)21/h2-9,12-13,16,21-22H,10-11,14-15H2,1H3,(H,28,32)(H,29,33)(H,30,31). The van der Waals surface area contributed by atoms with Crippen LogP contribution in [0.1, 0.15) is 47.7 Å². The molecular weight excluding hydrogens is 466 g/mol. The molecule has 0 fully saturated rings. The number of fused-ring (bicyclic) bond motifs is 3. The first-order valence-electron chi connectivity index (χ1n) is 11.4. The first-order chi connectivity index (χ1) is 16.9. The first kappa shape index (κ1) is 24.4. The van der Waals surface area contributed by atoms with Gasteiger partial charge in [-0.15, -0.1) is 11.3 Å². The van der Waals surface area contributed by atoms with Gasteiger partial charge in [0.25, 0.3) is 0 Å². The van der Waals surface area contributed by atoms with Gasteiger partial charge in [0.15, 0.2) is 0 Å². The van der Waals surface area contributed by atoms with Gasteiger partial charge in [-0.1, -0.05) is 55.5 Å². The van der Waals surface area contributed by atoms with E-state index in [1.807, 2.05) is 60.8 Å². The maximum absolute atomic E-state index is 12.8. The van der Waals surface area contributed by atoms with Crippen molar-refractivity contribution in [1.82, 2.24) is 15.6 Å². The van der Waals surface area contributed by atoms with Crippen molar-refractivity contribution in [2.45, 2.75) is 37.6 Å². The van der Waals surface area contributed by atoms with E-state index in [2.05, 4.69) is 15.6 Å². The molecule has 0 saturated heterocycles. The molecule has 0 bridgehead atoms. The van der Waals surface area contributed by atoms with E-state index in [9.17, 15) is 14.4 Å². The average Bonchev–Trinajstić information content (AvgIpc) is 3.50. The molecule has 2 amide bonds. The fourth-order valence-corrected chi connectivity index (χ4v) is 4.96. The highest BCUT2D eigenvalue weighted by Gasteiger charge is 2.30. The SMILES string of the molecule is CC(CNC(=O)C(CCC(=O)O)NC(=O)OCC1c2ccccc2-c2ccccc21)c1nccs1. The van der Waals surface area contributed by atoms with Crippen LogP contribution in [-0.4, -0.2) is 47.3 Å². The molecule has 0 aliphatic heterocycles. The van der Waals surface area contributed by atoms with Crippen LogP contribution in [0.15, 0.2) is 60.1 Å². The van der Waals surface area contributed by atoms with Crippen LogP contribution < -0.4 is 10.6 Å². The summed E-state index contributed by atoms with van der Waals surface area (Å²) in [6.45, 7) is 2.36. The van der Waals surface area contributed by atoms with Gasteiger partial charge >= 0.3 is 12.1 Å². The summed E-state index contributed by atoms with van der Waals surface area (Å²) in [6.07, 6.45) is 0.637. The molecule has 9 heteroatoms. The predicted molar refractivity (Wildman–Crippen MR) is 132 cm³/mol. The van der Waals surface area contributed by atoms with Crippen molar-refractivity contribution >= 4 is 29.3 Å². The van der Waals surface area contributed by atoms with Gasteiger partial charge in [-0.05, 0) is 28.7 Å². The molecule has 1 aliphatic rings. The Morgan fingerprint density at radius 3 is 2.34 bits per heavy atom. The number of aliphatic carboxylic acids is 1. The summed E-state index contributed by atoms with van der Waals surface area (Å²) in [6, 6.07) is 15.0. The Labute approximate surface area is 207 Å². The zero-order chi connectivity index (χ0) is 24.8. The van der Waals surface area contributed by atoms with E-state index in [4.69, 9.17) is 9.84 Å². The molecule has 3 N–H and O–H groups in total. The van der Waals surface area contributed by atoms with Crippen molar-refractivity contribution in [3.63, 3.8) is 0 Å². The Morgan fingerprint density at radius 1 is 1.09 bits per heavy atom. The second-order valence-electron chi connectivity index (χ2n) is 8.47. The molecule has 0 saturated carbocycles. The lowest BCUT2D eigenvalue weighted by atomic mass is 9.98.